The van der Waals surface area contributed by atoms with Crippen LogP contribution < -0.4 is 4.74 Å². The van der Waals surface area contributed by atoms with Crippen LogP contribution in [0.15, 0.2) is 18.3 Å². The number of hydrogen-bond acceptors (Lipinski definition) is 5. The fourth-order valence-electron chi connectivity index (χ4n) is 2.33. The second kappa shape index (κ2) is 5.05. The van der Waals surface area contributed by atoms with E-state index in [0.717, 1.165) is 25.7 Å². The maximum Gasteiger partial charge on any atom is 0.233 e. The molecule has 1 saturated carbocycles. The van der Waals surface area contributed by atoms with E-state index in [9.17, 15) is 8.42 Å². The lowest BCUT2D eigenvalue weighted by Crippen LogP contribution is -2.45. The third-order valence-electron chi connectivity index (χ3n) is 3.48. The molecule has 7 heteroatoms. The predicted octanol–water partition coefficient (Wildman–Crippen LogP) is 0.812. The molecular formula is C12H17N3O3S. The second-order valence-electron chi connectivity index (χ2n) is 5.05. The normalized spacial score (nSPS) is 25.2. The Morgan fingerprint density at radius 2 is 2.16 bits per heavy atom. The quantitative estimate of drug-likeness (QED) is 0.817. The van der Waals surface area contributed by atoms with Gasteiger partial charge in [0.05, 0.1) is 11.8 Å². The van der Waals surface area contributed by atoms with Gasteiger partial charge in [-0.2, -0.15) is 9.40 Å². The summed E-state index contributed by atoms with van der Waals surface area (Å²) in [4.78, 5) is 0. The Hall–Kier alpha value is -1.21. The molecule has 3 rings (SSSR count). The van der Waals surface area contributed by atoms with Gasteiger partial charge in [0.2, 0.25) is 15.9 Å². The molecule has 0 unspecified atom stereocenters. The summed E-state index contributed by atoms with van der Waals surface area (Å²) in [7, 11) is -3.10. The van der Waals surface area contributed by atoms with Crippen molar-refractivity contribution in [2.45, 2.75) is 37.0 Å². The number of rotatable bonds is 4. The van der Waals surface area contributed by atoms with Gasteiger partial charge in [0, 0.05) is 18.8 Å². The van der Waals surface area contributed by atoms with E-state index < -0.39 is 10.0 Å². The Labute approximate surface area is 112 Å². The van der Waals surface area contributed by atoms with E-state index >= 15 is 0 Å². The summed E-state index contributed by atoms with van der Waals surface area (Å²) < 4.78 is 31.7. The van der Waals surface area contributed by atoms with Crippen molar-refractivity contribution < 1.29 is 13.2 Å². The number of nitrogens with zero attached hydrogens (tertiary/aromatic N) is 3. The Morgan fingerprint density at radius 1 is 1.32 bits per heavy atom. The molecule has 1 saturated heterocycles. The van der Waals surface area contributed by atoms with Crippen molar-refractivity contribution in [3.63, 3.8) is 0 Å². The summed E-state index contributed by atoms with van der Waals surface area (Å²) in [5.41, 5.74) is 0. The number of piperidine rings is 1. The van der Waals surface area contributed by atoms with Gasteiger partial charge in [-0.15, -0.1) is 5.10 Å². The number of aromatic nitrogens is 2. The summed E-state index contributed by atoms with van der Waals surface area (Å²) in [5, 5.41) is 7.47. The Balaban J connectivity index is 1.65. The first-order chi connectivity index (χ1) is 9.16. The monoisotopic (exact) mass is 283 g/mol. The topological polar surface area (TPSA) is 72.4 Å². The zero-order valence-electron chi connectivity index (χ0n) is 10.6. The highest BCUT2D eigenvalue weighted by atomic mass is 32.2. The van der Waals surface area contributed by atoms with Crippen molar-refractivity contribution in [3.8, 4) is 5.88 Å². The molecule has 2 heterocycles. The molecule has 19 heavy (non-hydrogen) atoms. The molecule has 1 atom stereocenters. The number of sulfonamides is 1. The van der Waals surface area contributed by atoms with Crippen molar-refractivity contribution in [2.24, 2.45) is 0 Å². The highest BCUT2D eigenvalue weighted by molar-refractivity contribution is 7.90. The van der Waals surface area contributed by atoms with E-state index in [2.05, 4.69) is 10.2 Å². The molecule has 0 spiro atoms. The highest BCUT2D eigenvalue weighted by Crippen LogP contribution is 2.32. The predicted molar refractivity (Wildman–Crippen MR) is 69.2 cm³/mol. The minimum atomic E-state index is -3.10. The lowest BCUT2D eigenvalue weighted by Gasteiger charge is -2.31. The van der Waals surface area contributed by atoms with Crippen molar-refractivity contribution in [2.75, 3.05) is 13.1 Å². The molecular weight excluding hydrogens is 266 g/mol. The van der Waals surface area contributed by atoms with Crippen LogP contribution in [0.3, 0.4) is 0 Å². The molecule has 0 radical (unpaired) electrons. The first-order valence-electron chi connectivity index (χ1n) is 6.59. The molecule has 1 aliphatic carbocycles. The van der Waals surface area contributed by atoms with Crippen molar-refractivity contribution in [3.05, 3.63) is 18.3 Å². The van der Waals surface area contributed by atoms with E-state index in [0.29, 0.717) is 19.0 Å². The smallest absolute Gasteiger partial charge is 0.233 e. The van der Waals surface area contributed by atoms with Crippen LogP contribution in [0.4, 0.5) is 0 Å². The lowest BCUT2D eigenvalue weighted by molar-refractivity contribution is 0.123. The largest absolute Gasteiger partial charge is 0.472 e. The maximum atomic E-state index is 12.2. The van der Waals surface area contributed by atoms with Crippen LogP contribution in [0.2, 0.25) is 0 Å². The fraction of sp³-hybridized carbons (Fsp3) is 0.667. The summed E-state index contributed by atoms with van der Waals surface area (Å²) in [5.74, 6) is 0.457. The summed E-state index contributed by atoms with van der Waals surface area (Å²) in [6.07, 6.45) is 4.74. The van der Waals surface area contributed by atoms with Gasteiger partial charge < -0.3 is 4.74 Å². The number of hydrogen-bond donors (Lipinski definition) is 0. The van der Waals surface area contributed by atoms with Crippen LogP contribution >= 0.6 is 0 Å². The zero-order valence-corrected chi connectivity index (χ0v) is 11.4. The Bertz CT molecular complexity index is 530. The third-order valence-corrected chi connectivity index (χ3v) is 5.85. The van der Waals surface area contributed by atoms with Crippen LogP contribution in [-0.4, -0.2) is 47.4 Å². The molecule has 0 N–H and O–H groups in total. The van der Waals surface area contributed by atoms with E-state index in [4.69, 9.17) is 4.74 Å². The highest BCUT2D eigenvalue weighted by Gasteiger charge is 2.41. The molecule has 6 nitrogen and oxygen atoms in total. The minimum Gasteiger partial charge on any atom is -0.472 e. The van der Waals surface area contributed by atoms with Crippen molar-refractivity contribution in [1.29, 1.82) is 0 Å². The van der Waals surface area contributed by atoms with Gasteiger partial charge >= 0.3 is 0 Å². The Morgan fingerprint density at radius 3 is 2.84 bits per heavy atom. The summed E-state index contributed by atoms with van der Waals surface area (Å²) >= 11 is 0. The molecule has 0 aromatic carbocycles. The molecule has 1 aliphatic heterocycles. The van der Waals surface area contributed by atoms with Crippen LogP contribution in [-0.2, 0) is 10.0 Å². The fourth-order valence-corrected chi connectivity index (χ4v) is 4.24. The standard InChI is InChI=1S/C12H17N3O3S/c16-19(17,11-5-6-11)15-8-2-3-10(9-15)18-12-4-1-7-13-14-12/h1,4,7,10-11H,2-3,5-6,8-9H2/t10-/m0/s1. The van der Waals surface area contributed by atoms with E-state index in [1.54, 1.807) is 22.6 Å². The lowest BCUT2D eigenvalue weighted by atomic mass is 10.1. The average Bonchev–Trinajstić information content (AvgIpc) is 3.25. The van der Waals surface area contributed by atoms with Gasteiger partial charge in [-0.05, 0) is 31.7 Å². The molecule has 0 amide bonds. The third kappa shape index (κ3) is 2.87. The molecule has 2 aliphatic rings. The van der Waals surface area contributed by atoms with Gasteiger partial charge in [-0.3, -0.25) is 0 Å². The SMILES string of the molecule is O=S(=O)(C1CC1)N1CCC[C@H](Oc2cccnn2)C1. The molecule has 1 aromatic heterocycles. The van der Waals surface area contributed by atoms with Crippen LogP contribution in [0.5, 0.6) is 5.88 Å². The molecule has 104 valence electrons. The van der Waals surface area contributed by atoms with Gasteiger partial charge in [0.25, 0.3) is 0 Å². The van der Waals surface area contributed by atoms with E-state index in [-0.39, 0.29) is 11.4 Å². The van der Waals surface area contributed by atoms with Crippen molar-refractivity contribution in [1.82, 2.24) is 14.5 Å². The number of ether oxygens (including phenoxy) is 1. The van der Waals surface area contributed by atoms with Gasteiger partial charge in [0.15, 0.2) is 0 Å². The van der Waals surface area contributed by atoms with Crippen LogP contribution in [0.25, 0.3) is 0 Å². The van der Waals surface area contributed by atoms with Gasteiger partial charge in [-0.25, -0.2) is 8.42 Å². The van der Waals surface area contributed by atoms with E-state index in [1.165, 1.54) is 0 Å². The van der Waals surface area contributed by atoms with Crippen LogP contribution in [0, 0.1) is 0 Å². The molecule has 1 aromatic rings. The first kappa shape index (κ1) is 12.8. The molecule has 2 fully saturated rings. The zero-order chi connectivity index (χ0) is 13.3. The van der Waals surface area contributed by atoms with Crippen molar-refractivity contribution >= 4 is 10.0 Å². The first-order valence-corrected chi connectivity index (χ1v) is 8.10. The Kier molecular flexibility index (Phi) is 3.40. The average molecular weight is 283 g/mol. The summed E-state index contributed by atoms with van der Waals surface area (Å²) in [6, 6.07) is 3.49. The molecule has 0 bridgehead atoms. The maximum absolute atomic E-state index is 12.2. The minimum absolute atomic E-state index is 0.126. The second-order valence-corrected chi connectivity index (χ2v) is 7.26. The van der Waals surface area contributed by atoms with Crippen LogP contribution in [0.1, 0.15) is 25.7 Å². The summed E-state index contributed by atoms with van der Waals surface area (Å²) in [6.45, 7) is 1.04. The van der Waals surface area contributed by atoms with Gasteiger partial charge in [0.1, 0.15) is 6.10 Å². The van der Waals surface area contributed by atoms with Gasteiger partial charge in [-0.1, -0.05) is 0 Å². The van der Waals surface area contributed by atoms with E-state index in [1.807, 2.05) is 0 Å².